The van der Waals surface area contributed by atoms with Crippen molar-refractivity contribution in [2.75, 3.05) is 53.0 Å². The van der Waals surface area contributed by atoms with Crippen LogP contribution in [0, 0.1) is 0 Å². The largest absolute Gasteiger partial charge is 0.352 e. The maximum atomic E-state index is 5.55. The average Bonchev–Trinajstić information content (AvgIpc) is 2.80. The monoisotopic (exact) mass is 244 g/mol. The van der Waals surface area contributed by atoms with Crippen LogP contribution in [-0.4, -0.2) is 69.1 Å². The van der Waals surface area contributed by atoms with E-state index in [1.54, 1.807) is 0 Å². The fraction of sp³-hybridized carbons (Fsp3) is 1.00. The molecule has 0 atom stereocenters. The van der Waals surface area contributed by atoms with Crippen molar-refractivity contribution in [3.8, 4) is 0 Å². The van der Waals surface area contributed by atoms with Crippen molar-refractivity contribution < 1.29 is 9.47 Å². The summed E-state index contributed by atoms with van der Waals surface area (Å²) in [6.45, 7) is 11.1. The molecule has 0 spiro atoms. The maximum absolute atomic E-state index is 5.55. The zero-order valence-electron chi connectivity index (χ0n) is 11.7. The molecule has 1 heterocycles. The second kappa shape index (κ2) is 8.86. The summed E-state index contributed by atoms with van der Waals surface area (Å²) < 4.78 is 11.1. The summed E-state index contributed by atoms with van der Waals surface area (Å²) in [6.07, 6.45) is 2.66. The molecule has 0 aliphatic carbocycles. The van der Waals surface area contributed by atoms with E-state index in [9.17, 15) is 0 Å². The lowest BCUT2D eigenvalue weighted by Gasteiger charge is -2.25. The minimum Gasteiger partial charge on any atom is -0.352 e. The third kappa shape index (κ3) is 6.36. The predicted octanol–water partition coefficient (Wildman–Crippen LogP) is 1.41. The fourth-order valence-corrected chi connectivity index (χ4v) is 2.19. The quantitative estimate of drug-likeness (QED) is 0.573. The van der Waals surface area contributed by atoms with Crippen LogP contribution in [0.1, 0.15) is 26.7 Å². The highest BCUT2D eigenvalue weighted by atomic mass is 16.7. The third-order valence-electron chi connectivity index (χ3n) is 3.16. The highest BCUT2D eigenvalue weighted by Gasteiger charge is 2.14. The van der Waals surface area contributed by atoms with Gasteiger partial charge in [-0.05, 0) is 46.8 Å². The Morgan fingerprint density at radius 2 is 1.71 bits per heavy atom. The highest BCUT2D eigenvalue weighted by molar-refractivity contribution is 4.67. The van der Waals surface area contributed by atoms with Crippen LogP contribution in [0.2, 0.25) is 0 Å². The van der Waals surface area contributed by atoms with Crippen molar-refractivity contribution in [2.24, 2.45) is 0 Å². The van der Waals surface area contributed by atoms with E-state index < -0.39 is 0 Å². The zero-order chi connectivity index (χ0) is 12.5. The van der Waals surface area contributed by atoms with Gasteiger partial charge in [-0.2, -0.15) is 0 Å². The Morgan fingerprint density at radius 3 is 2.24 bits per heavy atom. The van der Waals surface area contributed by atoms with Gasteiger partial charge in [-0.25, -0.2) is 0 Å². The van der Waals surface area contributed by atoms with E-state index in [4.69, 9.17) is 9.47 Å². The van der Waals surface area contributed by atoms with Crippen LogP contribution in [0.3, 0.4) is 0 Å². The van der Waals surface area contributed by atoms with Crippen molar-refractivity contribution >= 4 is 0 Å². The number of likely N-dealkylation sites (tertiary alicyclic amines) is 1. The summed E-state index contributed by atoms with van der Waals surface area (Å²) in [5, 5.41) is 0. The number of hydrogen-bond acceptors (Lipinski definition) is 4. The lowest BCUT2D eigenvalue weighted by Crippen LogP contribution is -2.37. The first-order chi connectivity index (χ1) is 8.26. The lowest BCUT2D eigenvalue weighted by molar-refractivity contribution is -0.145. The molecule has 0 aromatic rings. The Balaban J connectivity index is 2.14. The molecule has 1 fully saturated rings. The molecule has 0 N–H and O–H groups in total. The minimum absolute atomic E-state index is 0.0754. The second-order valence-corrected chi connectivity index (χ2v) is 4.65. The maximum Gasteiger partial charge on any atom is 0.170 e. The van der Waals surface area contributed by atoms with E-state index in [-0.39, 0.29) is 6.29 Å². The van der Waals surface area contributed by atoms with Crippen molar-refractivity contribution in [3.63, 3.8) is 0 Å². The molecule has 1 aliphatic heterocycles. The standard InChI is InChI=1S/C13H28N2O2/c1-4-16-13(17-5-2)12-14(3)10-11-15-8-6-7-9-15/h13H,4-12H2,1-3H3. The van der Waals surface area contributed by atoms with Gasteiger partial charge in [0, 0.05) is 32.8 Å². The zero-order valence-corrected chi connectivity index (χ0v) is 11.7. The lowest BCUT2D eigenvalue weighted by atomic mass is 10.4. The Kier molecular flexibility index (Phi) is 7.77. The molecule has 0 amide bonds. The molecule has 0 radical (unpaired) electrons. The number of ether oxygens (including phenoxy) is 2. The van der Waals surface area contributed by atoms with Crippen LogP contribution in [0.25, 0.3) is 0 Å². The molecule has 1 rings (SSSR count). The first-order valence-corrected chi connectivity index (χ1v) is 6.90. The van der Waals surface area contributed by atoms with Gasteiger partial charge in [0.05, 0.1) is 0 Å². The Labute approximate surface area is 106 Å². The molecular formula is C13H28N2O2. The van der Waals surface area contributed by atoms with Crippen LogP contribution in [0.5, 0.6) is 0 Å². The summed E-state index contributed by atoms with van der Waals surface area (Å²) >= 11 is 0. The normalized spacial score (nSPS) is 17.5. The van der Waals surface area contributed by atoms with Gasteiger partial charge in [0.1, 0.15) is 0 Å². The van der Waals surface area contributed by atoms with Crippen molar-refractivity contribution in [1.82, 2.24) is 9.80 Å². The van der Waals surface area contributed by atoms with Crippen LogP contribution in [-0.2, 0) is 9.47 Å². The van der Waals surface area contributed by atoms with Gasteiger partial charge < -0.3 is 19.3 Å². The van der Waals surface area contributed by atoms with E-state index in [1.165, 1.54) is 32.5 Å². The number of nitrogens with zero attached hydrogens (tertiary/aromatic N) is 2. The fourth-order valence-electron chi connectivity index (χ4n) is 2.19. The molecule has 4 nitrogen and oxygen atoms in total. The Bertz CT molecular complexity index is 178. The number of likely N-dealkylation sites (N-methyl/N-ethyl adjacent to an activating group) is 1. The summed E-state index contributed by atoms with van der Waals surface area (Å²) in [5.74, 6) is 0. The van der Waals surface area contributed by atoms with E-state index in [2.05, 4.69) is 16.8 Å². The molecular weight excluding hydrogens is 216 g/mol. The predicted molar refractivity (Wildman–Crippen MR) is 70.2 cm³/mol. The second-order valence-electron chi connectivity index (χ2n) is 4.65. The van der Waals surface area contributed by atoms with E-state index >= 15 is 0 Å². The van der Waals surface area contributed by atoms with Crippen LogP contribution < -0.4 is 0 Å². The smallest absolute Gasteiger partial charge is 0.170 e. The molecule has 102 valence electrons. The van der Waals surface area contributed by atoms with Crippen LogP contribution in [0.15, 0.2) is 0 Å². The summed E-state index contributed by atoms with van der Waals surface area (Å²) in [7, 11) is 2.14. The third-order valence-corrected chi connectivity index (χ3v) is 3.16. The number of hydrogen-bond donors (Lipinski definition) is 0. The van der Waals surface area contributed by atoms with E-state index in [0.717, 1.165) is 13.1 Å². The Hall–Kier alpha value is -0.160. The van der Waals surface area contributed by atoms with Gasteiger partial charge in [0.25, 0.3) is 0 Å². The SMILES string of the molecule is CCOC(CN(C)CCN1CCCC1)OCC. The summed E-state index contributed by atoms with van der Waals surface area (Å²) in [5.41, 5.74) is 0. The first kappa shape index (κ1) is 14.9. The van der Waals surface area contributed by atoms with E-state index in [0.29, 0.717) is 13.2 Å². The van der Waals surface area contributed by atoms with Gasteiger partial charge in [0.2, 0.25) is 0 Å². The first-order valence-electron chi connectivity index (χ1n) is 6.90. The molecule has 0 saturated carbocycles. The molecule has 0 bridgehead atoms. The van der Waals surface area contributed by atoms with Crippen molar-refractivity contribution in [2.45, 2.75) is 33.0 Å². The van der Waals surface area contributed by atoms with Gasteiger partial charge >= 0.3 is 0 Å². The van der Waals surface area contributed by atoms with Crippen molar-refractivity contribution in [1.29, 1.82) is 0 Å². The molecule has 1 aliphatic rings. The average molecular weight is 244 g/mol. The summed E-state index contributed by atoms with van der Waals surface area (Å²) in [4.78, 5) is 4.83. The molecule has 4 heteroatoms. The molecule has 1 saturated heterocycles. The topological polar surface area (TPSA) is 24.9 Å². The van der Waals surface area contributed by atoms with Crippen molar-refractivity contribution in [3.05, 3.63) is 0 Å². The summed E-state index contributed by atoms with van der Waals surface area (Å²) in [6, 6.07) is 0. The molecule has 0 aromatic carbocycles. The molecule has 0 aromatic heterocycles. The molecule has 17 heavy (non-hydrogen) atoms. The Morgan fingerprint density at radius 1 is 1.12 bits per heavy atom. The number of rotatable bonds is 9. The minimum atomic E-state index is -0.0754. The van der Waals surface area contributed by atoms with Gasteiger partial charge in [0.15, 0.2) is 6.29 Å². The van der Waals surface area contributed by atoms with Gasteiger partial charge in [-0.3, -0.25) is 0 Å². The van der Waals surface area contributed by atoms with Crippen LogP contribution >= 0.6 is 0 Å². The van der Waals surface area contributed by atoms with Gasteiger partial charge in [-0.1, -0.05) is 0 Å². The van der Waals surface area contributed by atoms with E-state index in [1.807, 2.05) is 13.8 Å². The van der Waals surface area contributed by atoms with Crippen LogP contribution in [0.4, 0.5) is 0 Å². The highest BCUT2D eigenvalue weighted by Crippen LogP contribution is 2.06. The molecule has 0 unspecified atom stereocenters. The van der Waals surface area contributed by atoms with Gasteiger partial charge in [-0.15, -0.1) is 0 Å².